The minimum absolute atomic E-state index is 0.0314. The summed E-state index contributed by atoms with van der Waals surface area (Å²) in [4.78, 5) is 10.7. The maximum absolute atomic E-state index is 14.4. The van der Waals surface area contributed by atoms with Crippen LogP contribution in [0.3, 0.4) is 0 Å². The van der Waals surface area contributed by atoms with Crippen LogP contribution in [0.4, 0.5) is 20.4 Å². The van der Waals surface area contributed by atoms with Crippen molar-refractivity contribution in [1.29, 1.82) is 0 Å². The molecule has 0 atom stereocenters. The second-order valence-corrected chi connectivity index (χ2v) is 8.30. The fourth-order valence-corrected chi connectivity index (χ4v) is 3.73. The van der Waals surface area contributed by atoms with Crippen LogP contribution in [0.1, 0.15) is 24.0 Å². The molecule has 0 saturated carbocycles. The maximum atomic E-state index is 14.4. The number of likely N-dealkylation sites (tertiary alicyclic amines) is 1. The van der Waals surface area contributed by atoms with Crippen LogP contribution in [0.5, 0.6) is 17.2 Å². The van der Waals surface area contributed by atoms with E-state index in [9.17, 15) is 8.78 Å². The molecule has 1 N–H and O–H groups in total. The van der Waals surface area contributed by atoms with Crippen LogP contribution >= 0.6 is 0 Å². The van der Waals surface area contributed by atoms with Gasteiger partial charge in [-0.15, -0.1) is 0 Å². The Hall–Kier alpha value is -3.46. The lowest BCUT2D eigenvalue weighted by molar-refractivity contribution is 0.114. The van der Waals surface area contributed by atoms with E-state index >= 15 is 0 Å². The van der Waals surface area contributed by atoms with E-state index in [1.54, 1.807) is 0 Å². The summed E-state index contributed by atoms with van der Waals surface area (Å²) >= 11 is 0. The summed E-state index contributed by atoms with van der Waals surface area (Å²) in [5, 5.41) is 3.11. The van der Waals surface area contributed by atoms with Gasteiger partial charge in [-0.2, -0.15) is 0 Å². The number of hydrogen-bond donors (Lipinski definition) is 1. The molecule has 1 saturated heterocycles. The molecule has 180 valence electrons. The summed E-state index contributed by atoms with van der Waals surface area (Å²) in [5.41, 5.74) is 0.873. The van der Waals surface area contributed by atoms with E-state index in [0.717, 1.165) is 37.4 Å². The monoisotopic (exact) mass is 470 g/mol. The van der Waals surface area contributed by atoms with Crippen LogP contribution in [-0.2, 0) is 6.61 Å². The molecular weight excluding hydrogens is 442 g/mol. The predicted molar refractivity (Wildman–Crippen MR) is 125 cm³/mol. The fourth-order valence-electron chi connectivity index (χ4n) is 3.73. The van der Waals surface area contributed by atoms with Crippen LogP contribution < -0.4 is 19.5 Å². The number of aryl methyl sites for hydroxylation is 1. The molecule has 9 heteroatoms. The first-order valence-electron chi connectivity index (χ1n) is 11.1. The zero-order chi connectivity index (χ0) is 24.1. The number of ether oxygens (including phenoxy) is 3. The fraction of sp³-hybridized carbons (Fsp3) is 0.360. The Labute approximate surface area is 197 Å². The Balaban J connectivity index is 1.32. The highest BCUT2D eigenvalue weighted by Gasteiger charge is 2.19. The van der Waals surface area contributed by atoms with Crippen molar-refractivity contribution in [3.63, 3.8) is 0 Å². The standard InChI is InChI=1S/C25H28F2N4O3/c1-16-12-22(32-3)24(27)21(23(16)26)15-33-20-13-28-25(29-14-20)30-17-4-6-18(7-5-17)34-19-8-10-31(2)11-9-19/h4-7,12-14,19H,8-11,15H2,1-3H3,(H,28,29,30). The lowest BCUT2D eigenvalue weighted by Crippen LogP contribution is -2.35. The number of hydrogen-bond acceptors (Lipinski definition) is 7. The van der Waals surface area contributed by atoms with Gasteiger partial charge in [0.25, 0.3) is 0 Å². The number of halogens is 2. The van der Waals surface area contributed by atoms with Crippen LogP contribution in [0.15, 0.2) is 42.7 Å². The molecular formula is C25H28F2N4O3. The largest absolute Gasteiger partial charge is 0.494 e. The number of piperidine rings is 1. The van der Waals surface area contributed by atoms with Gasteiger partial charge in [-0.25, -0.2) is 18.7 Å². The van der Waals surface area contributed by atoms with Crippen molar-refractivity contribution < 1.29 is 23.0 Å². The van der Waals surface area contributed by atoms with Gasteiger partial charge in [0.15, 0.2) is 17.3 Å². The number of anilines is 2. The van der Waals surface area contributed by atoms with E-state index in [1.807, 2.05) is 24.3 Å². The number of nitrogens with zero attached hydrogens (tertiary/aromatic N) is 3. The first-order valence-corrected chi connectivity index (χ1v) is 11.1. The zero-order valence-corrected chi connectivity index (χ0v) is 19.5. The Morgan fingerprint density at radius 3 is 2.35 bits per heavy atom. The summed E-state index contributed by atoms with van der Waals surface area (Å²) < 4.78 is 45.3. The van der Waals surface area contributed by atoms with Crippen molar-refractivity contribution in [3.8, 4) is 17.2 Å². The molecule has 1 aliphatic heterocycles. The lowest BCUT2D eigenvalue weighted by Gasteiger charge is -2.29. The highest BCUT2D eigenvalue weighted by atomic mass is 19.1. The Morgan fingerprint density at radius 2 is 1.71 bits per heavy atom. The van der Waals surface area contributed by atoms with E-state index in [0.29, 0.717) is 5.95 Å². The first kappa shape index (κ1) is 23.7. The number of nitrogens with one attached hydrogen (secondary N) is 1. The van der Waals surface area contributed by atoms with E-state index in [4.69, 9.17) is 14.2 Å². The van der Waals surface area contributed by atoms with Crippen molar-refractivity contribution >= 4 is 11.6 Å². The molecule has 3 aromatic rings. The molecule has 0 aliphatic carbocycles. The minimum Gasteiger partial charge on any atom is -0.494 e. The van der Waals surface area contributed by atoms with Crippen LogP contribution in [0.2, 0.25) is 0 Å². The summed E-state index contributed by atoms with van der Waals surface area (Å²) in [6, 6.07) is 8.93. The molecule has 2 aromatic carbocycles. The number of benzene rings is 2. The SMILES string of the molecule is COc1cc(C)c(F)c(COc2cnc(Nc3ccc(OC4CCN(C)CC4)cc3)nc2)c1F. The van der Waals surface area contributed by atoms with Crippen molar-refractivity contribution in [1.82, 2.24) is 14.9 Å². The minimum atomic E-state index is -0.784. The van der Waals surface area contributed by atoms with E-state index < -0.39 is 11.6 Å². The van der Waals surface area contributed by atoms with E-state index in [2.05, 4.69) is 27.2 Å². The molecule has 7 nitrogen and oxygen atoms in total. The molecule has 0 radical (unpaired) electrons. The summed E-state index contributed by atoms with van der Waals surface area (Å²) in [6.45, 7) is 3.32. The summed E-state index contributed by atoms with van der Waals surface area (Å²) in [6.07, 6.45) is 5.17. The Morgan fingerprint density at radius 1 is 1.03 bits per heavy atom. The molecule has 34 heavy (non-hydrogen) atoms. The second-order valence-electron chi connectivity index (χ2n) is 8.30. The van der Waals surface area contributed by atoms with Crippen LogP contribution in [-0.4, -0.2) is 48.2 Å². The van der Waals surface area contributed by atoms with Crippen molar-refractivity contribution in [2.45, 2.75) is 32.5 Å². The maximum Gasteiger partial charge on any atom is 0.227 e. The molecule has 1 fully saturated rings. The molecule has 4 rings (SSSR count). The van der Waals surface area contributed by atoms with Gasteiger partial charge < -0.3 is 24.4 Å². The van der Waals surface area contributed by atoms with Gasteiger partial charge >= 0.3 is 0 Å². The average molecular weight is 471 g/mol. The molecule has 0 unspecified atom stereocenters. The predicted octanol–water partition coefficient (Wildman–Crippen LogP) is 4.87. The molecule has 0 amide bonds. The molecule has 0 bridgehead atoms. The van der Waals surface area contributed by atoms with Crippen molar-refractivity contribution in [3.05, 3.63) is 65.5 Å². The van der Waals surface area contributed by atoms with Gasteiger partial charge in [0.1, 0.15) is 24.3 Å². The Bertz CT molecular complexity index is 1100. The van der Waals surface area contributed by atoms with Crippen LogP contribution in [0, 0.1) is 18.6 Å². The number of methoxy groups -OCH3 is 1. The summed E-state index contributed by atoms with van der Waals surface area (Å²) in [5.74, 6) is -0.000460. The lowest BCUT2D eigenvalue weighted by atomic mass is 10.1. The highest BCUT2D eigenvalue weighted by Crippen LogP contribution is 2.27. The smallest absolute Gasteiger partial charge is 0.227 e. The third-order valence-corrected chi connectivity index (χ3v) is 5.75. The van der Waals surface area contributed by atoms with Gasteiger partial charge in [0, 0.05) is 18.8 Å². The molecule has 1 aromatic heterocycles. The third kappa shape index (κ3) is 5.72. The van der Waals surface area contributed by atoms with Crippen LogP contribution in [0.25, 0.3) is 0 Å². The van der Waals surface area contributed by atoms with Crippen molar-refractivity contribution in [2.75, 3.05) is 32.6 Å². The van der Waals surface area contributed by atoms with Gasteiger partial charge in [-0.3, -0.25) is 0 Å². The van der Waals surface area contributed by atoms with E-state index in [-0.39, 0.29) is 35.3 Å². The molecule has 2 heterocycles. The normalized spacial score (nSPS) is 14.6. The average Bonchev–Trinajstić information content (AvgIpc) is 2.85. The van der Waals surface area contributed by atoms with E-state index in [1.165, 1.54) is 32.5 Å². The third-order valence-electron chi connectivity index (χ3n) is 5.75. The zero-order valence-electron chi connectivity index (χ0n) is 19.5. The first-order chi connectivity index (χ1) is 16.4. The van der Waals surface area contributed by atoms with Gasteiger partial charge in [0.2, 0.25) is 5.95 Å². The van der Waals surface area contributed by atoms with Gasteiger partial charge in [0.05, 0.1) is 25.1 Å². The molecule has 1 aliphatic rings. The number of rotatable bonds is 8. The van der Waals surface area contributed by atoms with Crippen molar-refractivity contribution in [2.24, 2.45) is 0 Å². The topological polar surface area (TPSA) is 68.7 Å². The highest BCUT2D eigenvalue weighted by molar-refractivity contribution is 5.54. The number of aromatic nitrogens is 2. The van der Waals surface area contributed by atoms with Gasteiger partial charge in [-0.05, 0) is 62.7 Å². The quantitative estimate of drug-likeness (QED) is 0.504. The second kappa shape index (κ2) is 10.6. The Kier molecular flexibility index (Phi) is 7.42. The summed E-state index contributed by atoms with van der Waals surface area (Å²) in [7, 11) is 3.45. The molecule has 0 spiro atoms. The van der Waals surface area contributed by atoms with Gasteiger partial charge in [-0.1, -0.05) is 0 Å².